The lowest BCUT2D eigenvalue weighted by Gasteiger charge is -2.36. The Balaban J connectivity index is 2.74. The molecule has 0 aromatic rings. The number of carboxylic acid groups (broad SMARTS) is 1. The van der Waals surface area contributed by atoms with Crippen LogP contribution < -0.4 is 0 Å². The van der Waals surface area contributed by atoms with Gasteiger partial charge in [-0.15, -0.1) is 0 Å². The summed E-state index contributed by atoms with van der Waals surface area (Å²) in [5.74, 6) is -3.13. The van der Waals surface area contributed by atoms with E-state index in [1.165, 1.54) is 7.11 Å². The van der Waals surface area contributed by atoms with Crippen molar-refractivity contribution in [2.45, 2.75) is 24.4 Å². The Morgan fingerprint density at radius 2 is 2.15 bits per heavy atom. The zero-order valence-corrected chi connectivity index (χ0v) is 7.14. The van der Waals surface area contributed by atoms with Crippen LogP contribution in [0.2, 0.25) is 0 Å². The fourth-order valence-electron chi connectivity index (χ4n) is 1.18. The number of hydrogen-bond acceptors (Lipinski definition) is 5. The van der Waals surface area contributed by atoms with Crippen molar-refractivity contribution in [3.63, 3.8) is 0 Å². The van der Waals surface area contributed by atoms with Crippen molar-refractivity contribution in [1.82, 2.24) is 0 Å². The average molecular weight is 192 g/mol. The first-order valence-corrected chi connectivity index (χ1v) is 3.80. The fourth-order valence-corrected chi connectivity index (χ4v) is 1.18. The van der Waals surface area contributed by atoms with Crippen LogP contribution in [0.15, 0.2) is 0 Å². The Morgan fingerprint density at radius 1 is 1.54 bits per heavy atom. The molecule has 0 saturated carbocycles. The molecule has 1 aliphatic heterocycles. The third-order valence-corrected chi connectivity index (χ3v) is 2.06. The summed E-state index contributed by atoms with van der Waals surface area (Å²) >= 11 is 0. The maximum absolute atomic E-state index is 10.7. The predicted molar refractivity (Wildman–Crippen MR) is 40.0 cm³/mol. The normalized spacial score (nSPS) is 40.2. The second-order valence-electron chi connectivity index (χ2n) is 2.91. The average Bonchev–Trinajstić information content (AvgIpc) is 2.09. The van der Waals surface area contributed by atoms with Gasteiger partial charge in [-0.3, -0.25) is 0 Å². The first-order chi connectivity index (χ1) is 6.02. The molecule has 0 aliphatic carbocycles. The second kappa shape index (κ2) is 3.59. The number of carbonyl (C=O) groups is 1. The Labute approximate surface area is 74.7 Å². The highest BCUT2D eigenvalue weighted by Gasteiger charge is 2.47. The van der Waals surface area contributed by atoms with Crippen LogP contribution in [0.4, 0.5) is 0 Å². The van der Waals surface area contributed by atoms with Gasteiger partial charge in [0, 0.05) is 13.5 Å². The summed E-state index contributed by atoms with van der Waals surface area (Å²) in [6, 6.07) is 0. The highest BCUT2D eigenvalue weighted by atomic mass is 16.7. The van der Waals surface area contributed by atoms with Crippen LogP contribution >= 0.6 is 0 Å². The summed E-state index contributed by atoms with van der Waals surface area (Å²) in [5.41, 5.74) is 0. The monoisotopic (exact) mass is 192 g/mol. The molecule has 0 aromatic carbocycles. The van der Waals surface area contributed by atoms with E-state index in [1.807, 2.05) is 0 Å². The molecule has 0 spiro atoms. The molecular formula is C7H12O6. The van der Waals surface area contributed by atoms with Gasteiger partial charge in [-0.25, -0.2) is 4.79 Å². The van der Waals surface area contributed by atoms with Crippen molar-refractivity contribution in [1.29, 1.82) is 0 Å². The topological polar surface area (TPSA) is 96.2 Å². The molecule has 13 heavy (non-hydrogen) atoms. The molecule has 0 aromatic heterocycles. The van der Waals surface area contributed by atoms with Gasteiger partial charge in [0.25, 0.3) is 5.79 Å². The van der Waals surface area contributed by atoms with Gasteiger partial charge in [0.1, 0.15) is 6.10 Å². The summed E-state index contributed by atoms with van der Waals surface area (Å²) in [7, 11) is 1.18. The molecule has 3 atom stereocenters. The number of ether oxygens (including phenoxy) is 2. The number of aliphatic hydroxyl groups is 2. The third-order valence-electron chi connectivity index (χ3n) is 2.06. The van der Waals surface area contributed by atoms with Crippen LogP contribution in [0.1, 0.15) is 6.42 Å². The first kappa shape index (κ1) is 10.4. The largest absolute Gasteiger partial charge is 0.477 e. The van der Waals surface area contributed by atoms with Gasteiger partial charge < -0.3 is 24.8 Å². The quantitative estimate of drug-likeness (QED) is 0.495. The number of aliphatic hydroxyl groups excluding tert-OH is 2. The van der Waals surface area contributed by atoms with Gasteiger partial charge in [0.15, 0.2) is 0 Å². The molecule has 6 heteroatoms. The van der Waals surface area contributed by atoms with Crippen molar-refractivity contribution in [3.05, 3.63) is 0 Å². The second-order valence-corrected chi connectivity index (χ2v) is 2.91. The molecule has 6 nitrogen and oxygen atoms in total. The minimum Gasteiger partial charge on any atom is -0.477 e. The van der Waals surface area contributed by atoms with E-state index in [-0.39, 0.29) is 13.0 Å². The predicted octanol–water partition coefficient (Wildman–Crippen LogP) is -1.44. The lowest BCUT2D eigenvalue weighted by Crippen LogP contribution is -2.54. The Bertz CT molecular complexity index is 205. The molecule has 0 bridgehead atoms. The van der Waals surface area contributed by atoms with Crippen LogP contribution in [0.5, 0.6) is 0 Å². The van der Waals surface area contributed by atoms with Crippen molar-refractivity contribution in [2.75, 3.05) is 13.7 Å². The van der Waals surface area contributed by atoms with Crippen LogP contribution in [-0.2, 0) is 14.3 Å². The van der Waals surface area contributed by atoms with Gasteiger partial charge >= 0.3 is 5.97 Å². The van der Waals surface area contributed by atoms with E-state index in [0.29, 0.717) is 0 Å². The maximum atomic E-state index is 10.7. The molecule has 1 heterocycles. The number of aliphatic carboxylic acids is 1. The molecule has 1 fully saturated rings. The molecular weight excluding hydrogens is 180 g/mol. The summed E-state index contributed by atoms with van der Waals surface area (Å²) < 4.78 is 9.49. The number of carboxylic acids is 1. The zero-order chi connectivity index (χ0) is 10.1. The summed E-state index contributed by atoms with van der Waals surface area (Å²) in [4.78, 5) is 10.7. The van der Waals surface area contributed by atoms with Crippen molar-refractivity contribution >= 4 is 5.97 Å². The molecule has 0 radical (unpaired) electrons. The summed E-state index contributed by atoms with van der Waals surface area (Å²) in [6.45, 7) is -0.249. The van der Waals surface area contributed by atoms with E-state index in [4.69, 9.17) is 14.9 Å². The van der Waals surface area contributed by atoms with E-state index in [1.54, 1.807) is 0 Å². The minimum atomic E-state index is -1.82. The lowest BCUT2D eigenvalue weighted by atomic mass is 10.0. The van der Waals surface area contributed by atoms with Crippen molar-refractivity contribution < 1.29 is 29.6 Å². The Kier molecular flexibility index (Phi) is 2.87. The van der Waals surface area contributed by atoms with E-state index < -0.39 is 24.0 Å². The first-order valence-electron chi connectivity index (χ1n) is 3.80. The summed E-state index contributed by atoms with van der Waals surface area (Å²) in [6.07, 6.45) is -2.47. The van der Waals surface area contributed by atoms with Gasteiger partial charge in [-0.05, 0) is 0 Å². The molecule has 1 saturated heterocycles. The van der Waals surface area contributed by atoms with Crippen LogP contribution in [0.25, 0.3) is 0 Å². The molecule has 1 aliphatic rings. The standard InChI is InChI=1S/C7H12O6/c1-12-7(6(10)11)2-4(8)5(9)3-13-7/h4-5,8-9H,2-3H2,1H3,(H,10,11)/t4-,5-,7-/m1/s1. The maximum Gasteiger partial charge on any atom is 0.364 e. The third kappa shape index (κ3) is 1.80. The van der Waals surface area contributed by atoms with Gasteiger partial charge in [-0.1, -0.05) is 0 Å². The van der Waals surface area contributed by atoms with Crippen molar-refractivity contribution in [2.24, 2.45) is 0 Å². The summed E-state index contributed by atoms with van der Waals surface area (Å²) in [5, 5.41) is 27.0. The minimum absolute atomic E-state index is 0.249. The van der Waals surface area contributed by atoms with Crippen molar-refractivity contribution in [3.8, 4) is 0 Å². The molecule has 0 amide bonds. The lowest BCUT2D eigenvalue weighted by molar-refractivity contribution is -0.277. The molecule has 3 N–H and O–H groups in total. The smallest absolute Gasteiger partial charge is 0.364 e. The molecule has 0 unspecified atom stereocenters. The SMILES string of the molecule is CO[C@]1(C(=O)O)C[C@@H](O)[C@H](O)CO1. The molecule has 1 rings (SSSR count). The fraction of sp³-hybridized carbons (Fsp3) is 0.857. The highest BCUT2D eigenvalue weighted by molar-refractivity contribution is 5.75. The van der Waals surface area contributed by atoms with Crippen LogP contribution in [0, 0.1) is 0 Å². The van der Waals surface area contributed by atoms with Gasteiger partial charge in [-0.2, -0.15) is 0 Å². The Hall–Kier alpha value is -0.690. The van der Waals surface area contributed by atoms with E-state index >= 15 is 0 Å². The van der Waals surface area contributed by atoms with Gasteiger partial charge in [0.2, 0.25) is 0 Å². The zero-order valence-electron chi connectivity index (χ0n) is 7.14. The van der Waals surface area contributed by atoms with E-state index in [9.17, 15) is 9.90 Å². The van der Waals surface area contributed by atoms with Crippen LogP contribution in [0.3, 0.4) is 0 Å². The van der Waals surface area contributed by atoms with E-state index in [0.717, 1.165) is 0 Å². The number of hydrogen-bond donors (Lipinski definition) is 3. The number of methoxy groups -OCH3 is 1. The van der Waals surface area contributed by atoms with Crippen LogP contribution in [-0.4, -0.2) is 53.0 Å². The Morgan fingerprint density at radius 3 is 2.54 bits per heavy atom. The van der Waals surface area contributed by atoms with Gasteiger partial charge in [0.05, 0.1) is 12.7 Å². The van der Waals surface area contributed by atoms with E-state index in [2.05, 4.69) is 4.74 Å². The molecule has 76 valence electrons. The highest BCUT2D eigenvalue weighted by Crippen LogP contribution is 2.26. The number of rotatable bonds is 2.